The van der Waals surface area contributed by atoms with Gasteiger partial charge in [-0.05, 0) is 29.8 Å². The molecule has 1 amide bonds. The summed E-state index contributed by atoms with van der Waals surface area (Å²) < 4.78 is 0. The molecule has 2 aromatic rings. The number of nitrogen functional groups attached to an aromatic ring is 1. The van der Waals surface area contributed by atoms with Crippen molar-refractivity contribution in [2.75, 3.05) is 12.8 Å². The van der Waals surface area contributed by atoms with Crippen LogP contribution >= 0.6 is 0 Å². The Morgan fingerprint density at radius 1 is 1.35 bits per heavy atom. The predicted octanol–water partition coefficient (Wildman–Crippen LogP) is 1.81. The van der Waals surface area contributed by atoms with Gasteiger partial charge in [0.25, 0.3) is 5.91 Å². The van der Waals surface area contributed by atoms with Crippen molar-refractivity contribution in [1.82, 2.24) is 9.88 Å². The Labute approximate surface area is 117 Å². The van der Waals surface area contributed by atoms with E-state index in [1.54, 1.807) is 43.4 Å². The second-order valence-corrected chi connectivity index (χ2v) is 4.42. The zero-order chi connectivity index (χ0) is 14.5. The van der Waals surface area contributed by atoms with Gasteiger partial charge in [0, 0.05) is 13.6 Å². The molecule has 0 aliphatic rings. The third kappa shape index (κ3) is 3.12. The molecular weight excluding hydrogens is 252 g/mol. The van der Waals surface area contributed by atoms with Gasteiger partial charge in [-0.3, -0.25) is 4.79 Å². The van der Waals surface area contributed by atoms with Gasteiger partial charge in [-0.1, -0.05) is 18.2 Å². The third-order valence-corrected chi connectivity index (χ3v) is 2.81. The van der Waals surface area contributed by atoms with E-state index in [0.29, 0.717) is 23.6 Å². The van der Waals surface area contributed by atoms with Crippen LogP contribution in [0.25, 0.3) is 0 Å². The van der Waals surface area contributed by atoms with Gasteiger partial charge >= 0.3 is 0 Å². The Bertz CT molecular complexity index is 676. The fourth-order valence-corrected chi connectivity index (χ4v) is 1.85. The topological polar surface area (TPSA) is 83.0 Å². The molecule has 1 aromatic carbocycles. The normalized spacial score (nSPS) is 9.80. The molecule has 100 valence electrons. The summed E-state index contributed by atoms with van der Waals surface area (Å²) in [5.74, 6) is 0.107. The van der Waals surface area contributed by atoms with Gasteiger partial charge in [-0.15, -0.1) is 0 Å². The molecule has 0 spiro atoms. The highest BCUT2D eigenvalue weighted by Gasteiger charge is 2.13. The molecule has 20 heavy (non-hydrogen) atoms. The number of nitriles is 1. The van der Waals surface area contributed by atoms with E-state index < -0.39 is 0 Å². The Morgan fingerprint density at radius 3 is 2.80 bits per heavy atom. The number of carbonyl (C=O) groups excluding carboxylic acids is 1. The van der Waals surface area contributed by atoms with Crippen LogP contribution in [0.4, 0.5) is 5.82 Å². The Hall–Kier alpha value is -2.87. The number of pyridine rings is 1. The number of carbonyl (C=O) groups is 1. The number of nitrogens with two attached hydrogens (primary N) is 1. The molecule has 1 heterocycles. The number of rotatable bonds is 3. The lowest BCUT2D eigenvalue weighted by molar-refractivity contribution is 0.0779. The van der Waals surface area contributed by atoms with Gasteiger partial charge in [-0.2, -0.15) is 5.26 Å². The highest BCUT2D eigenvalue weighted by Crippen LogP contribution is 2.10. The lowest BCUT2D eigenvalue weighted by Gasteiger charge is -2.17. The van der Waals surface area contributed by atoms with Crippen LogP contribution in [0.1, 0.15) is 21.6 Å². The molecule has 2 N–H and O–H groups in total. The standard InChI is InChI=1S/C15H14N4O/c1-19(10-12-5-2-4-11(8-12)9-16)15(20)13-6-3-7-14(17)18-13/h2-8H,10H2,1H3,(H2,17,18). The maximum absolute atomic E-state index is 12.2. The zero-order valence-corrected chi connectivity index (χ0v) is 11.1. The molecule has 0 saturated heterocycles. The molecule has 2 rings (SSSR count). The average Bonchev–Trinajstić information content (AvgIpc) is 2.46. The number of hydrogen-bond acceptors (Lipinski definition) is 4. The zero-order valence-electron chi connectivity index (χ0n) is 11.1. The van der Waals surface area contributed by atoms with Crippen LogP contribution in [-0.4, -0.2) is 22.8 Å². The van der Waals surface area contributed by atoms with Crippen molar-refractivity contribution in [3.05, 3.63) is 59.3 Å². The van der Waals surface area contributed by atoms with E-state index in [4.69, 9.17) is 11.0 Å². The Kier molecular flexibility index (Phi) is 3.96. The van der Waals surface area contributed by atoms with E-state index in [1.807, 2.05) is 6.07 Å². The van der Waals surface area contributed by atoms with Crippen LogP contribution in [0.2, 0.25) is 0 Å². The molecule has 1 aromatic heterocycles. The molecule has 0 unspecified atom stereocenters. The van der Waals surface area contributed by atoms with Gasteiger partial charge in [0.05, 0.1) is 11.6 Å². The molecule has 0 atom stereocenters. The smallest absolute Gasteiger partial charge is 0.272 e. The first-order valence-electron chi connectivity index (χ1n) is 6.07. The van der Waals surface area contributed by atoms with Crippen molar-refractivity contribution in [3.63, 3.8) is 0 Å². The summed E-state index contributed by atoms with van der Waals surface area (Å²) in [6, 6.07) is 14.2. The third-order valence-electron chi connectivity index (χ3n) is 2.81. The van der Waals surface area contributed by atoms with E-state index in [2.05, 4.69) is 11.1 Å². The minimum Gasteiger partial charge on any atom is -0.384 e. The van der Waals surface area contributed by atoms with Crippen LogP contribution in [0.5, 0.6) is 0 Å². The Morgan fingerprint density at radius 2 is 2.10 bits per heavy atom. The first-order valence-corrected chi connectivity index (χ1v) is 6.07. The fraction of sp³-hybridized carbons (Fsp3) is 0.133. The quantitative estimate of drug-likeness (QED) is 0.918. The van der Waals surface area contributed by atoms with E-state index >= 15 is 0 Å². The van der Waals surface area contributed by atoms with Crippen molar-refractivity contribution in [2.45, 2.75) is 6.54 Å². The maximum Gasteiger partial charge on any atom is 0.272 e. The summed E-state index contributed by atoms with van der Waals surface area (Å²) in [6.45, 7) is 0.408. The number of hydrogen-bond donors (Lipinski definition) is 1. The molecule has 0 radical (unpaired) electrons. The summed E-state index contributed by atoms with van der Waals surface area (Å²) in [6.07, 6.45) is 0. The molecule has 5 nitrogen and oxygen atoms in total. The maximum atomic E-state index is 12.2. The Balaban J connectivity index is 2.13. The molecule has 5 heteroatoms. The average molecular weight is 266 g/mol. The molecule has 0 aliphatic heterocycles. The summed E-state index contributed by atoms with van der Waals surface area (Å²) in [5.41, 5.74) is 7.35. The van der Waals surface area contributed by atoms with Gasteiger partial charge in [-0.25, -0.2) is 4.98 Å². The van der Waals surface area contributed by atoms with Crippen molar-refractivity contribution >= 4 is 11.7 Å². The fourth-order valence-electron chi connectivity index (χ4n) is 1.85. The number of anilines is 1. The lowest BCUT2D eigenvalue weighted by Crippen LogP contribution is -2.27. The van der Waals surface area contributed by atoms with Gasteiger partial charge in [0.1, 0.15) is 11.5 Å². The summed E-state index contributed by atoms with van der Waals surface area (Å²) in [4.78, 5) is 17.7. The SMILES string of the molecule is CN(Cc1cccc(C#N)c1)C(=O)c1cccc(N)n1. The number of aromatic nitrogens is 1. The van der Waals surface area contributed by atoms with Gasteiger partial charge in [0.2, 0.25) is 0 Å². The van der Waals surface area contributed by atoms with E-state index in [1.165, 1.54) is 4.90 Å². The summed E-state index contributed by atoms with van der Waals surface area (Å²) in [5, 5.41) is 8.86. The van der Waals surface area contributed by atoms with Crippen molar-refractivity contribution in [2.24, 2.45) is 0 Å². The van der Waals surface area contributed by atoms with Crippen molar-refractivity contribution < 1.29 is 4.79 Å². The monoisotopic (exact) mass is 266 g/mol. The second kappa shape index (κ2) is 5.85. The van der Waals surface area contributed by atoms with E-state index in [0.717, 1.165) is 5.56 Å². The van der Waals surface area contributed by atoms with Crippen LogP contribution in [-0.2, 0) is 6.54 Å². The van der Waals surface area contributed by atoms with Crippen LogP contribution < -0.4 is 5.73 Å². The highest BCUT2D eigenvalue weighted by atomic mass is 16.2. The van der Waals surface area contributed by atoms with E-state index in [-0.39, 0.29) is 5.91 Å². The molecule has 0 aliphatic carbocycles. The van der Waals surface area contributed by atoms with Crippen LogP contribution in [0.15, 0.2) is 42.5 Å². The number of amides is 1. The molecular formula is C15H14N4O. The van der Waals surface area contributed by atoms with Crippen LogP contribution in [0, 0.1) is 11.3 Å². The van der Waals surface area contributed by atoms with Crippen LogP contribution in [0.3, 0.4) is 0 Å². The summed E-state index contributed by atoms with van der Waals surface area (Å²) in [7, 11) is 1.69. The highest BCUT2D eigenvalue weighted by molar-refractivity contribution is 5.92. The summed E-state index contributed by atoms with van der Waals surface area (Å²) >= 11 is 0. The molecule has 0 saturated carbocycles. The second-order valence-electron chi connectivity index (χ2n) is 4.42. The first-order chi connectivity index (χ1) is 9.60. The van der Waals surface area contributed by atoms with Crippen molar-refractivity contribution in [3.8, 4) is 6.07 Å². The minimum atomic E-state index is -0.209. The lowest BCUT2D eigenvalue weighted by atomic mass is 10.1. The van der Waals surface area contributed by atoms with E-state index in [9.17, 15) is 4.79 Å². The van der Waals surface area contributed by atoms with Crippen molar-refractivity contribution in [1.29, 1.82) is 5.26 Å². The van der Waals surface area contributed by atoms with Gasteiger partial charge in [0.15, 0.2) is 0 Å². The molecule has 0 fully saturated rings. The molecule has 0 bridgehead atoms. The number of nitrogens with zero attached hydrogens (tertiary/aromatic N) is 3. The number of benzene rings is 1. The predicted molar refractivity (Wildman–Crippen MR) is 75.6 cm³/mol. The van der Waals surface area contributed by atoms with Gasteiger partial charge < -0.3 is 10.6 Å². The first kappa shape index (κ1) is 13.6. The minimum absolute atomic E-state index is 0.209. The largest absolute Gasteiger partial charge is 0.384 e.